The monoisotopic (exact) mass is 249 g/mol. The molecule has 8 heteroatoms. The van der Waals surface area contributed by atoms with E-state index in [-0.39, 0.29) is 6.54 Å². The molecule has 1 rings (SSSR count). The van der Waals surface area contributed by atoms with E-state index in [1.54, 1.807) is 4.72 Å². The van der Waals surface area contributed by atoms with E-state index in [9.17, 15) is 13.2 Å². The van der Waals surface area contributed by atoms with Crippen molar-refractivity contribution in [2.75, 3.05) is 26.7 Å². The van der Waals surface area contributed by atoms with Crippen LogP contribution in [-0.4, -0.2) is 41.3 Å². The topological polar surface area (TPSA) is 96.5 Å². The van der Waals surface area contributed by atoms with Gasteiger partial charge < -0.3 is 10.1 Å². The SMILES string of the molecule is COC(=O)NS(=O)(=O)NCC1=CCNCC1. The van der Waals surface area contributed by atoms with E-state index in [2.05, 4.69) is 14.8 Å². The molecule has 0 saturated heterocycles. The standard InChI is InChI=1S/C8H15N3O4S/c1-15-8(12)11-16(13,14)10-6-7-2-4-9-5-3-7/h2,9-10H,3-6H2,1H3,(H,11,12). The predicted molar refractivity (Wildman–Crippen MR) is 58.0 cm³/mol. The molecule has 7 nitrogen and oxygen atoms in total. The van der Waals surface area contributed by atoms with Gasteiger partial charge in [-0.15, -0.1) is 0 Å². The molecule has 0 spiro atoms. The van der Waals surface area contributed by atoms with Crippen molar-refractivity contribution < 1.29 is 17.9 Å². The maximum absolute atomic E-state index is 11.3. The minimum absolute atomic E-state index is 0.202. The summed E-state index contributed by atoms with van der Waals surface area (Å²) in [4.78, 5) is 10.7. The summed E-state index contributed by atoms with van der Waals surface area (Å²) in [5.74, 6) is 0. The van der Waals surface area contributed by atoms with Gasteiger partial charge in [-0.05, 0) is 13.0 Å². The number of nitrogens with one attached hydrogen (secondary N) is 3. The Hall–Kier alpha value is -1.12. The Bertz CT molecular complexity index is 377. The lowest BCUT2D eigenvalue weighted by Gasteiger charge is -2.14. The Balaban J connectivity index is 2.41. The lowest BCUT2D eigenvalue weighted by Crippen LogP contribution is -2.41. The van der Waals surface area contributed by atoms with Crippen LogP contribution in [0.5, 0.6) is 0 Å². The second-order valence-corrected chi connectivity index (χ2v) is 4.73. The quantitative estimate of drug-likeness (QED) is 0.561. The summed E-state index contributed by atoms with van der Waals surface area (Å²) in [6.45, 7) is 1.77. The van der Waals surface area contributed by atoms with E-state index in [1.165, 1.54) is 0 Å². The lowest BCUT2D eigenvalue weighted by atomic mass is 10.1. The smallest absolute Gasteiger partial charge is 0.421 e. The molecule has 0 bridgehead atoms. The first-order valence-corrected chi connectivity index (χ1v) is 6.26. The molecule has 0 aromatic heterocycles. The van der Waals surface area contributed by atoms with Gasteiger partial charge in [-0.2, -0.15) is 13.1 Å². The summed E-state index contributed by atoms with van der Waals surface area (Å²) in [6.07, 6.45) is 1.71. The molecular weight excluding hydrogens is 234 g/mol. The Morgan fingerprint density at radius 1 is 1.62 bits per heavy atom. The van der Waals surface area contributed by atoms with Crippen LogP contribution in [0.2, 0.25) is 0 Å². The van der Waals surface area contributed by atoms with Crippen LogP contribution in [0, 0.1) is 0 Å². The summed E-state index contributed by atoms with van der Waals surface area (Å²) < 4.78 is 30.7. The minimum atomic E-state index is -3.83. The first-order valence-electron chi connectivity index (χ1n) is 4.77. The molecule has 92 valence electrons. The first kappa shape index (κ1) is 12.9. The first-order chi connectivity index (χ1) is 7.53. The third kappa shape index (κ3) is 4.60. The number of rotatable bonds is 4. The maximum atomic E-state index is 11.3. The average molecular weight is 249 g/mol. The van der Waals surface area contributed by atoms with Gasteiger partial charge in [0.2, 0.25) is 0 Å². The van der Waals surface area contributed by atoms with Crippen LogP contribution in [0.15, 0.2) is 11.6 Å². The highest BCUT2D eigenvalue weighted by molar-refractivity contribution is 7.88. The van der Waals surface area contributed by atoms with Crippen molar-refractivity contribution in [1.82, 2.24) is 14.8 Å². The molecule has 0 radical (unpaired) electrons. The maximum Gasteiger partial charge on any atom is 0.421 e. The van der Waals surface area contributed by atoms with Crippen LogP contribution >= 0.6 is 0 Å². The molecule has 1 aliphatic heterocycles. The van der Waals surface area contributed by atoms with E-state index in [0.717, 1.165) is 32.2 Å². The van der Waals surface area contributed by atoms with Crippen molar-refractivity contribution in [3.8, 4) is 0 Å². The van der Waals surface area contributed by atoms with Crippen LogP contribution in [0.25, 0.3) is 0 Å². The van der Waals surface area contributed by atoms with Crippen LogP contribution < -0.4 is 14.8 Å². The van der Waals surface area contributed by atoms with Crippen molar-refractivity contribution in [3.05, 3.63) is 11.6 Å². The van der Waals surface area contributed by atoms with Gasteiger partial charge in [-0.25, -0.2) is 9.52 Å². The molecule has 3 N–H and O–H groups in total. The van der Waals surface area contributed by atoms with Crippen LogP contribution in [0.3, 0.4) is 0 Å². The number of hydrogen-bond donors (Lipinski definition) is 3. The van der Waals surface area contributed by atoms with Gasteiger partial charge in [0.1, 0.15) is 0 Å². The number of carbonyl (C=O) groups excluding carboxylic acids is 1. The van der Waals surface area contributed by atoms with Crippen molar-refractivity contribution in [3.63, 3.8) is 0 Å². The molecule has 0 aromatic carbocycles. The molecule has 1 aliphatic rings. The van der Waals surface area contributed by atoms with Gasteiger partial charge in [-0.1, -0.05) is 11.6 Å². The van der Waals surface area contributed by atoms with Gasteiger partial charge in [0.15, 0.2) is 0 Å². The van der Waals surface area contributed by atoms with Gasteiger partial charge in [-0.3, -0.25) is 0 Å². The van der Waals surface area contributed by atoms with Gasteiger partial charge in [0, 0.05) is 13.1 Å². The summed E-state index contributed by atoms with van der Waals surface area (Å²) in [5.41, 5.74) is 0.994. The van der Waals surface area contributed by atoms with E-state index < -0.39 is 16.3 Å². The molecule has 0 saturated carbocycles. The average Bonchev–Trinajstić information content (AvgIpc) is 2.27. The van der Waals surface area contributed by atoms with Crippen LogP contribution in [0.4, 0.5) is 4.79 Å². The zero-order valence-corrected chi connectivity index (χ0v) is 9.76. The van der Waals surface area contributed by atoms with Gasteiger partial charge >= 0.3 is 16.3 Å². The molecular formula is C8H15N3O4S. The molecule has 0 aliphatic carbocycles. The number of carbonyl (C=O) groups is 1. The fraction of sp³-hybridized carbons (Fsp3) is 0.625. The second kappa shape index (κ2) is 5.83. The minimum Gasteiger partial charge on any atom is -0.452 e. The van der Waals surface area contributed by atoms with Crippen molar-refractivity contribution in [1.29, 1.82) is 0 Å². The number of amides is 1. The van der Waals surface area contributed by atoms with E-state index in [0.29, 0.717) is 0 Å². The summed E-state index contributed by atoms with van der Waals surface area (Å²) in [7, 11) is -2.73. The Kier molecular flexibility index (Phi) is 4.71. The highest BCUT2D eigenvalue weighted by Gasteiger charge is 2.14. The third-order valence-electron chi connectivity index (χ3n) is 2.05. The van der Waals surface area contributed by atoms with E-state index in [4.69, 9.17) is 0 Å². The molecule has 0 atom stereocenters. The van der Waals surface area contributed by atoms with Gasteiger partial charge in [0.25, 0.3) is 0 Å². The molecule has 0 unspecified atom stereocenters. The molecule has 0 fully saturated rings. The summed E-state index contributed by atoms with van der Waals surface area (Å²) in [5, 5.41) is 3.11. The zero-order chi connectivity index (χ0) is 12.0. The predicted octanol–water partition coefficient (Wildman–Crippen LogP) is -0.903. The van der Waals surface area contributed by atoms with Crippen molar-refractivity contribution in [2.24, 2.45) is 0 Å². The van der Waals surface area contributed by atoms with E-state index >= 15 is 0 Å². The van der Waals surface area contributed by atoms with Gasteiger partial charge in [0.05, 0.1) is 7.11 Å². The molecule has 1 heterocycles. The van der Waals surface area contributed by atoms with Crippen molar-refractivity contribution >= 4 is 16.3 Å². The Labute approximate surface area is 94.4 Å². The fourth-order valence-electron chi connectivity index (χ4n) is 1.21. The number of ether oxygens (including phenoxy) is 1. The van der Waals surface area contributed by atoms with E-state index in [1.807, 2.05) is 6.08 Å². The zero-order valence-electron chi connectivity index (χ0n) is 8.95. The number of hydrogen-bond acceptors (Lipinski definition) is 5. The van der Waals surface area contributed by atoms with Crippen molar-refractivity contribution in [2.45, 2.75) is 6.42 Å². The molecule has 1 amide bonds. The Morgan fingerprint density at radius 3 is 2.94 bits per heavy atom. The number of methoxy groups -OCH3 is 1. The molecule has 16 heavy (non-hydrogen) atoms. The third-order valence-corrected chi connectivity index (χ3v) is 3.01. The van der Waals surface area contributed by atoms with Crippen LogP contribution in [-0.2, 0) is 14.9 Å². The lowest BCUT2D eigenvalue weighted by molar-refractivity contribution is 0.177. The summed E-state index contributed by atoms with van der Waals surface area (Å²) >= 11 is 0. The summed E-state index contributed by atoms with van der Waals surface area (Å²) in [6, 6.07) is 0. The molecule has 0 aromatic rings. The largest absolute Gasteiger partial charge is 0.452 e. The fourth-order valence-corrected chi connectivity index (χ4v) is 1.96. The second-order valence-electron chi connectivity index (χ2n) is 3.23. The highest BCUT2D eigenvalue weighted by Crippen LogP contribution is 2.02. The van der Waals surface area contributed by atoms with Crippen LogP contribution in [0.1, 0.15) is 6.42 Å². The highest BCUT2D eigenvalue weighted by atomic mass is 32.2. The normalized spacial score (nSPS) is 16.4. The Morgan fingerprint density at radius 2 is 2.38 bits per heavy atom.